The van der Waals surface area contributed by atoms with Gasteiger partial charge < -0.3 is 25.3 Å². The lowest BCUT2D eigenvalue weighted by Crippen LogP contribution is -2.54. The molecule has 0 radical (unpaired) electrons. The van der Waals surface area contributed by atoms with Crippen LogP contribution < -0.4 is 11.1 Å². The summed E-state index contributed by atoms with van der Waals surface area (Å²) in [4.78, 5) is 12.7. The average molecular weight is 421 g/mol. The van der Waals surface area contributed by atoms with E-state index in [0.29, 0.717) is 5.92 Å². The van der Waals surface area contributed by atoms with Gasteiger partial charge in [-0.3, -0.25) is 0 Å². The van der Waals surface area contributed by atoms with Gasteiger partial charge in [0.15, 0.2) is 0 Å². The van der Waals surface area contributed by atoms with Gasteiger partial charge in [0, 0.05) is 25.1 Å². The summed E-state index contributed by atoms with van der Waals surface area (Å²) in [6.45, 7) is 7.51. The summed E-state index contributed by atoms with van der Waals surface area (Å²) in [6.07, 6.45) is 9.52. The highest BCUT2D eigenvalue weighted by molar-refractivity contribution is 5.68. The Morgan fingerprint density at radius 2 is 1.93 bits per heavy atom. The SMILES string of the molecule is COC1C(OC(=O)NC2CCC(N)CC2)CC[C@]2(CO2)C1C1(C)C[C@@H]1CC=C(C)C. The van der Waals surface area contributed by atoms with E-state index in [-0.39, 0.29) is 47.3 Å². The van der Waals surface area contributed by atoms with Gasteiger partial charge in [0.05, 0.1) is 12.2 Å². The van der Waals surface area contributed by atoms with Gasteiger partial charge in [-0.15, -0.1) is 0 Å². The van der Waals surface area contributed by atoms with Crippen molar-refractivity contribution in [1.29, 1.82) is 0 Å². The van der Waals surface area contributed by atoms with E-state index in [1.807, 2.05) is 0 Å². The predicted molar refractivity (Wildman–Crippen MR) is 116 cm³/mol. The van der Waals surface area contributed by atoms with E-state index in [4.69, 9.17) is 19.9 Å². The molecular formula is C24H40N2O4. The van der Waals surface area contributed by atoms with Crippen molar-refractivity contribution in [3.05, 3.63) is 11.6 Å². The normalized spacial score (nSPS) is 45.0. The van der Waals surface area contributed by atoms with E-state index in [0.717, 1.165) is 51.6 Å². The highest BCUT2D eigenvalue weighted by Gasteiger charge is 2.70. The number of allylic oxidation sites excluding steroid dienone is 2. The van der Waals surface area contributed by atoms with Crippen LogP contribution in [0.1, 0.15) is 72.1 Å². The number of amides is 1. The number of ether oxygens (including phenoxy) is 3. The fraction of sp³-hybridized carbons (Fsp3) is 0.875. The summed E-state index contributed by atoms with van der Waals surface area (Å²) in [5.41, 5.74) is 7.45. The molecule has 3 aliphatic carbocycles. The van der Waals surface area contributed by atoms with Crippen molar-refractivity contribution in [2.45, 2.75) is 102 Å². The van der Waals surface area contributed by atoms with Gasteiger partial charge in [-0.25, -0.2) is 4.79 Å². The molecular weight excluding hydrogens is 380 g/mol. The van der Waals surface area contributed by atoms with E-state index in [2.05, 4.69) is 32.2 Å². The van der Waals surface area contributed by atoms with Crippen molar-refractivity contribution in [2.24, 2.45) is 23.0 Å². The number of alkyl carbamates (subject to hydrolysis) is 1. The molecule has 0 aromatic rings. The number of nitrogens with one attached hydrogen (secondary N) is 1. The number of hydrogen-bond acceptors (Lipinski definition) is 5. The molecule has 6 heteroatoms. The van der Waals surface area contributed by atoms with Crippen LogP contribution in [0, 0.1) is 17.3 Å². The standard InChI is InChI=1S/C24H40N2O4/c1-15(2)5-6-16-13-23(16,3)21-20(28-4)19(11-12-24(21)14-29-24)30-22(27)26-18-9-7-17(25)8-10-18/h5,16-21H,6-14,25H2,1-4H3,(H,26,27)/t16-,17?,18?,19?,20?,21?,23?,24-/m0/s1. The average Bonchev–Trinajstić information content (AvgIpc) is 3.61. The molecule has 1 amide bonds. The van der Waals surface area contributed by atoms with Crippen molar-refractivity contribution in [1.82, 2.24) is 5.32 Å². The fourth-order valence-corrected chi connectivity index (χ4v) is 6.21. The molecule has 0 aromatic heterocycles. The first kappa shape index (κ1) is 22.1. The molecule has 4 fully saturated rings. The third-order valence-corrected chi connectivity index (χ3v) is 8.23. The molecule has 0 bridgehead atoms. The zero-order chi connectivity index (χ0) is 21.5. The summed E-state index contributed by atoms with van der Waals surface area (Å²) in [5, 5.41) is 3.07. The van der Waals surface area contributed by atoms with E-state index >= 15 is 0 Å². The maximum Gasteiger partial charge on any atom is 0.407 e. The molecule has 3 saturated carbocycles. The molecule has 4 unspecified atom stereocenters. The third-order valence-electron chi connectivity index (χ3n) is 8.23. The van der Waals surface area contributed by atoms with Crippen LogP contribution in [0.15, 0.2) is 11.6 Å². The molecule has 0 aromatic carbocycles. The minimum absolute atomic E-state index is 0.0784. The van der Waals surface area contributed by atoms with Gasteiger partial charge in [-0.2, -0.15) is 0 Å². The van der Waals surface area contributed by atoms with Crippen LogP contribution in [0.5, 0.6) is 0 Å². The fourth-order valence-electron chi connectivity index (χ4n) is 6.21. The quantitative estimate of drug-likeness (QED) is 0.502. The summed E-state index contributed by atoms with van der Waals surface area (Å²) in [6, 6.07) is 0.439. The molecule has 30 heavy (non-hydrogen) atoms. The topological polar surface area (TPSA) is 86.1 Å². The van der Waals surface area contributed by atoms with Crippen LogP contribution in [0.25, 0.3) is 0 Å². The van der Waals surface area contributed by atoms with Crippen molar-refractivity contribution in [3.8, 4) is 0 Å². The maximum atomic E-state index is 12.7. The van der Waals surface area contributed by atoms with Crippen LogP contribution in [-0.2, 0) is 14.2 Å². The molecule has 4 aliphatic rings. The molecule has 170 valence electrons. The van der Waals surface area contributed by atoms with Gasteiger partial charge >= 0.3 is 6.09 Å². The van der Waals surface area contributed by atoms with E-state index in [9.17, 15) is 4.79 Å². The smallest absolute Gasteiger partial charge is 0.407 e. The maximum absolute atomic E-state index is 12.7. The Hall–Kier alpha value is -1.11. The van der Waals surface area contributed by atoms with Gasteiger partial charge in [0.25, 0.3) is 0 Å². The minimum Gasteiger partial charge on any atom is -0.443 e. The second-order valence-corrected chi connectivity index (χ2v) is 10.7. The monoisotopic (exact) mass is 420 g/mol. The number of carbonyl (C=O) groups excluding carboxylic acids is 1. The highest BCUT2D eigenvalue weighted by atomic mass is 16.6. The second-order valence-electron chi connectivity index (χ2n) is 10.7. The van der Waals surface area contributed by atoms with E-state index in [1.54, 1.807) is 7.11 Å². The zero-order valence-corrected chi connectivity index (χ0v) is 19.1. The van der Waals surface area contributed by atoms with Crippen molar-refractivity contribution >= 4 is 6.09 Å². The summed E-state index contributed by atoms with van der Waals surface area (Å²) in [7, 11) is 1.76. The Kier molecular flexibility index (Phi) is 6.21. The molecule has 1 spiro atoms. The largest absolute Gasteiger partial charge is 0.443 e. The summed E-state index contributed by atoms with van der Waals surface area (Å²) < 4.78 is 18.0. The molecule has 6 atom stereocenters. The Bertz CT molecular complexity index is 664. The second kappa shape index (κ2) is 8.44. The Morgan fingerprint density at radius 1 is 1.23 bits per heavy atom. The lowest BCUT2D eigenvalue weighted by atomic mass is 9.67. The Labute approximate surface area is 181 Å². The number of carbonyl (C=O) groups is 1. The van der Waals surface area contributed by atoms with Gasteiger partial charge in [-0.05, 0) is 76.5 Å². The van der Waals surface area contributed by atoms with Crippen LogP contribution in [-0.4, -0.2) is 49.7 Å². The third kappa shape index (κ3) is 4.42. The van der Waals surface area contributed by atoms with Crippen LogP contribution >= 0.6 is 0 Å². The van der Waals surface area contributed by atoms with Gasteiger partial charge in [0.1, 0.15) is 12.2 Å². The van der Waals surface area contributed by atoms with Crippen LogP contribution in [0.4, 0.5) is 4.79 Å². The molecule has 1 saturated heterocycles. The first-order valence-electron chi connectivity index (χ1n) is 11.8. The van der Waals surface area contributed by atoms with E-state index in [1.165, 1.54) is 12.0 Å². The zero-order valence-electron chi connectivity index (χ0n) is 19.1. The highest BCUT2D eigenvalue weighted by Crippen LogP contribution is 2.68. The first-order chi connectivity index (χ1) is 14.3. The first-order valence-corrected chi connectivity index (χ1v) is 11.8. The summed E-state index contributed by atoms with van der Waals surface area (Å²) in [5.74, 6) is 0.917. The van der Waals surface area contributed by atoms with Crippen LogP contribution in [0.3, 0.4) is 0 Å². The molecule has 4 rings (SSSR count). The molecule has 1 heterocycles. The van der Waals surface area contributed by atoms with Crippen molar-refractivity contribution in [3.63, 3.8) is 0 Å². The minimum atomic E-state index is -0.309. The number of methoxy groups -OCH3 is 1. The Balaban J connectivity index is 1.40. The molecule has 1 aliphatic heterocycles. The summed E-state index contributed by atoms with van der Waals surface area (Å²) >= 11 is 0. The van der Waals surface area contributed by atoms with E-state index < -0.39 is 0 Å². The number of nitrogens with two attached hydrogens (primary N) is 1. The number of hydrogen-bond donors (Lipinski definition) is 2. The Morgan fingerprint density at radius 3 is 2.53 bits per heavy atom. The lowest BCUT2D eigenvalue weighted by molar-refractivity contribution is -0.120. The van der Waals surface area contributed by atoms with Crippen LogP contribution in [0.2, 0.25) is 0 Å². The van der Waals surface area contributed by atoms with Gasteiger partial charge in [-0.1, -0.05) is 18.6 Å². The predicted octanol–water partition coefficient (Wildman–Crippen LogP) is 3.93. The number of epoxide rings is 1. The van der Waals surface area contributed by atoms with Crippen molar-refractivity contribution in [2.75, 3.05) is 13.7 Å². The molecule has 3 N–H and O–H groups in total. The lowest BCUT2D eigenvalue weighted by Gasteiger charge is -2.44. The van der Waals surface area contributed by atoms with Crippen molar-refractivity contribution < 1.29 is 19.0 Å². The van der Waals surface area contributed by atoms with Gasteiger partial charge in [0.2, 0.25) is 0 Å². The number of rotatable bonds is 6. The molecule has 6 nitrogen and oxygen atoms in total.